The number of rotatable bonds is 4. The van der Waals surface area contributed by atoms with E-state index in [2.05, 4.69) is 26.2 Å². The summed E-state index contributed by atoms with van der Waals surface area (Å²) in [5.74, 6) is 0.822. The number of carbonyl (C=O) groups excluding carboxylic acids is 1. The van der Waals surface area contributed by atoms with Gasteiger partial charge in [-0.2, -0.15) is 0 Å². The molecule has 1 amide bonds. The van der Waals surface area contributed by atoms with Gasteiger partial charge in [-0.05, 0) is 60.6 Å². The monoisotopic (exact) mass is 483 g/mol. The third-order valence-electron chi connectivity index (χ3n) is 4.28. The van der Waals surface area contributed by atoms with Crippen molar-refractivity contribution in [2.75, 3.05) is 0 Å². The number of halogens is 1. The second kappa shape index (κ2) is 8.29. The molecule has 0 bridgehead atoms. The zero-order valence-corrected chi connectivity index (χ0v) is 18.0. The highest BCUT2D eigenvalue weighted by molar-refractivity contribution is 9.10. The van der Waals surface area contributed by atoms with Gasteiger partial charge in [-0.1, -0.05) is 22.0 Å². The smallest absolute Gasteiger partial charge is 0.269 e. The Balaban J connectivity index is 1.56. The summed E-state index contributed by atoms with van der Waals surface area (Å²) in [4.78, 5) is 27.7. The zero-order chi connectivity index (χ0) is 21.3. The van der Waals surface area contributed by atoms with Crippen molar-refractivity contribution in [1.29, 1.82) is 0 Å². The van der Waals surface area contributed by atoms with E-state index in [0.29, 0.717) is 21.6 Å². The number of furan rings is 1. The molecule has 30 heavy (non-hydrogen) atoms. The summed E-state index contributed by atoms with van der Waals surface area (Å²) < 4.78 is 6.75. The predicted molar refractivity (Wildman–Crippen MR) is 120 cm³/mol. The Morgan fingerprint density at radius 2 is 2.03 bits per heavy atom. The van der Waals surface area contributed by atoms with Crippen molar-refractivity contribution in [2.45, 2.75) is 6.92 Å². The molecule has 0 atom stereocenters. The summed E-state index contributed by atoms with van der Waals surface area (Å²) in [5, 5.41) is 14.1. The first-order valence-electron chi connectivity index (χ1n) is 8.79. The lowest BCUT2D eigenvalue weighted by atomic mass is 10.1. The fourth-order valence-corrected chi connectivity index (χ4v) is 4.09. The number of nitro benzene ring substituents is 1. The quantitative estimate of drug-likeness (QED) is 0.286. The molecule has 1 aliphatic rings. The minimum absolute atomic E-state index is 0.0291. The first kappa shape index (κ1) is 20.1. The second-order valence-electron chi connectivity index (χ2n) is 6.42. The van der Waals surface area contributed by atoms with Crippen LogP contribution in [0.15, 0.2) is 73.4 Å². The molecule has 0 radical (unpaired) electrons. The summed E-state index contributed by atoms with van der Waals surface area (Å²) in [6.45, 7) is 1.79. The van der Waals surface area contributed by atoms with Gasteiger partial charge in [0, 0.05) is 28.2 Å². The lowest BCUT2D eigenvalue weighted by Gasteiger charge is -2.02. The molecule has 1 saturated heterocycles. The molecular weight excluding hydrogens is 470 g/mol. The van der Waals surface area contributed by atoms with Crippen molar-refractivity contribution in [3.8, 4) is 11.3 Å². The fourth-order valence-electron chi connectivity index (χ4n) is 2.89. The first-order chi connectivity index (χ1) is 14.4. The van der Waals surface area contributed by atoms with Crippen molar-refractivity contribution in [2.24, 2.45) is 4.99 Å². The predicted octanol–water partition coefficient (Wildman–Crippen LogP) is 5.82. The average molecular weight is 484 g/mol. The molecule has 7 nitrogen and oxygen atoms in total. The molecule has 0 aliphatic carbocycles. The minimum atomic E-state index is -0.433. The molecule has 2 heterocycles. The summed E-state index contributed by atoms with van der Waals surface area (Å²) in [6.07, 6.45) is 1.65. The number of aliphatic imine (C=N–C) groups is 1. The number of benzene rings is 2. The maximum absolute atomic E-state index is 12.3. The fraction of sp³-hybridized carbons (Fsp3) is 0.0476. The molecule has 4 rings (SSSR count). The summed E-state index contributed by atoms with van der Waals surface area (Å²) in [6, 6.07) is 15.6. The number of amides is 1. The van der Waals surface area contributed by atoms with Crippen LogP contribution in [0.3, 0.4) is 0 Å². The number of nitrogens with zero attached hydrogens (tertiary/aromatic N) is 2. The molecule has 9 heteroatoms. The van der Waals surface area contributed by atoms with E-state index in [1.54, 1.807) is 31.2 Å². The largest absolute Gasteiger partial charge is 0.457 e. The Labute approximate surface area is 184 Å². The number of hydrogen-bond acceptors (Lipinski definition) is 6. The summed E-state index contributed by atoms with van der Waals surface area (Å²) in [5.41, 5.74) is 2.24. The maximum atomic E-state index is 12.3. The number of nitrogens with one attached hydrogen (secondary N) is 1. The van der Waals surface area contributed by atoms with Gasteiger partial charge in [0.1, 0.15) is 11.5 Å². The lowest BCUT2D eigenvalue weighted by molar-refractivity contribution is -0.384. The van der Waals surface area contributed by atoms with Crippen LogP contribution in [0.2, 0.25) is 0 Å². The van der Waals surface area contributed by atoms with Gasteiger partial charge in [0.2, 0.25) is 0 Å². The van der Waals surface area contributed by atoms with Crippen molar-refractivity contribution in [3.63, 3.8) is 0 Å². The normalized spacial score (nSPS) is 16.3. The number of amidine groups is 1. The molecular formula is C21H14BrN3O4S. The maximum Gasteiger partial charge on any atom is 0.269 e. The van der Waals surface area contributed by atoms with Crippen LogP contribution in [-0.2, 0) is 4.79 Å². The topological polar surface area (TPSA) is 97.7 Å². The van der Waals surface area contributed by atoms with Crippen molar-refractivity contribution < 1.29 is 14.1 Å². The Morgan fingerprint density at radius 1 is 1.20 bits per heavy atom. The van der Waals surface area contributed by atoms with Crippen LogP contribution < -0.4 is 5.32 Å². The Bertz CT molecular complexity index is 1230. The first-order valence-corrected chi connectivity index (χ1v) is 10.4. The highest BCUT2D eigenvalue weighted by Crippen LogP contribution is 2.32. The van der Waals surface area contributed by atoms with E-state index >= 15 is 0 Å². The Hall–Kier alpha value is -3.17. The van der Waals surface area contributed by atoms with E-state index in [0.717, 1.165) is 21.3 Å². The van der Waals surface area contributed by atoms with E-state index < -0.39 is 4.92 Å². The van der Waals surface area contributed by atoms with Gasteiger partial charge in [-0.3, -0.25) is 14.9 Å². The average Bonchev–Trinajstić information content (AvgIpc) is 3.28. The number of carbonyl (C=O) groups is 1. The van der Waals surface area contributed by atoms with Gasteiger partial charge in [-0.15, -0.1) is 0 Å². The highest BCUT2D eigenvalue weighted by Gasteiger charge is 2.24. The van der Waals surface area contributed by atoms with E-state index in [1.165, 1.54) is 23.9 Å². The van der Waals surface area contributed by atoms with Gasteiger partial charge in [0.15, 0.2) is 5.17 Å². The van der Waals surface area contributed by atoms with E-state index in [4.69, 9.17) is 4.42 Å². The van der Waals surface area contributed by atoms with E-state index in [9.17, 15) is 14.9 Å². The van der Waals surface area contributed by atoms with E-state index in [-0.39, 0.29) is 11.6 Å². The van der Waals surface area contributed by atoms with Crippen LogP contribution in [0.5, 0.6) is 0 Å². The third kappa shape index (κ3) is 4.37. The molecule has 1 aliphatic heterocycles. The van der Waals surface area contributed by atoms with Crippen LogP contribution in [0, 0.1) is 17.0 Å². The van der Waals surface area contributed by atoms with Gasteiger partial charge < -0.3 is 9.73 Å². The Morgan fingerprint density at radius 3 is 2.77 bits per heavy atom. The van der Waals surface area contributed by atoms with Crippen molar-refractivity contribution >= 4 is 56.2 Å². The van der Waals surface area contributed by atoms with Crippen LogP contribution in [0.4, 0.5) is 11.4 Å². The van der Waals surface area contributed by atoms with Crippen LogP contribution >= 0.6 is 27.7 Å². The van der Waals surface area contributed by atoms with E-state index in [1.807, 2.05) is 24.3 Å². The number of thioether (sulfide) groups is 1. The van der Waals surface area contributed by atoms with Gasteiger partial charge in [-0.25, -0.2) is 4.99 Å². The standard InChI is InChI=1S/C21H14BrN3O4S/c1-12-9-15(25(27)28)5-7-17(12)18-8-6-16(29-18)11-19-20(26)24-21(30-19)23-14-4-2-3-13(22)10-14/h2-11H,1H3,(H,23,24,26)/b19-11+. The molecule has 3 aromatic rings. The molecule has 1 N–H and O–H groups in total. The molecule has 150 valence electrons. The number of aryl methyl sites for hydroxylation is 1. The number of non-ortho nitro benzene ring substituents is 1. The van der Waals surface area contributed by atoms with Gasteiger partial charge >= 0.3 is 0 Å². The SMILES string of the molecule is Cc1cc([N+](=O)[O-])ccc1-c1ccc(/C=C2/SC(=Nc3cccc(Br)c3)NC2=O)o1. The molecule has 2 aromatic carbocycles. The van der Waals surface area contributed by atoms with Gasteiger partial charge in [0.25, 0.3) is 11.6 Å². The third-order valence-corrected chi connectivity index (χ3v) is 5.68. The second-order valence-corrected chi connectivity index (χ2v) is 8.37. The summed E-state index contributed by atoms with van der Waals surface area (Å²) >= 11 is 4.62. The van der Waals surface area contributed by atoms with Gasteiger partial charge in [0.05, 0.1) is 15.5 Å². The summed E-state index contributed by atoms with van der Waals surface area (Å²) in [7, 11) is 0. The van der Waals surface area contributed by atoms with Crippen molar-refractivity contribution in [3.05, 3.63) is 85.4 Å². The molecule has 0 unspecified atom stereocenters. The van der Waals surface area contributed by atoms with Crippen LogP contribution in [-0.4, -0.2) is 16.0 Å². The number of nitro groups is 1. The number of hydrogen-bond donors (Lipinski definition) is 1. The van der Waals surface area contributed by atoms with Crippen LogP contribution in [0.25, 0.3) is 17.4 Å². The molecule has 0 spiro atoms. The molecule has 1 fully saturated rings. The van der Waals surface area contributed by atoms with Crippen molar-refractivity contribution in [1.82, 2.24) is 5.32 Å². The Kier molecular flexibility index (Phi) is 5.56. The molecule has 1 aromatic heterocycles. The minimum Gasteiger partial charge on any atom is -0.457 e. The van der Waals surface area contributed by atoms with Crippen LogP contribution in [0.1, 0.15) is 11.3 Å². The highest BCUT2D eigenvalue weighted by atomic mass is 79.9. The zero-order valence-electron chi connectivity index (χ0n) is 15.6. The lowest BCUT2D eigenvalue weighted by Crippen LogP contribution is -2.19. The molecule has 0 saturated carbocycles.